The predicted molar refractivity (Wildman–Crippen MR) is 85.3 cm³/mol. The summed E-state index contributed by atoms with van der Waals surface area (Å²) in [6.45, 7) is 0. The van der Waals surface area contributed by atoms with Crippen molar-refractivity contribution in [3.8, 4) is 11.4 Å². The lowest BCUT2D eigenvalue weighted by Crippen LogP contribution is -1.93. The van der Waals surface area contributed by atoms with Crippen molar-refractivity contribution in [2.75, 3.05) is 0 Å². The Hall–Kier alpha value is -2.52. The fourth-order valence-corrected chi connectivity index (χ4v) is 2.66. The van der Waals surface area contributed by atoms with Crippen molar-refractivity contribution in [1.82, 2.24) is 15.0 Å². The largest absolute Gasteiger partial charge is 0.255 e. The Balaban J connectivity index is 2.05. The van der Waals surface area contributed by atoms with Gasteiger partial charge >= 0.3 is 0 Å². The standard InChI is InChI=1S/C17H10ClN3/c18-17-16(13-7-3-4-10-19-13)20-14-9-8-11-5-1-2-6-12(11)15(14)21-17/h1-10H. The van der Waals surface area contributed by atoms with Gasteiger partial charge in [-0.15, -0.1) is 0 Å². The summed E-state index contributed by atoms with van der Waals surface area (Å²) in [4.78, 5) is 13.5. The second kappa shape index (κ2) is 4.79. The van der Waals surface area contributed by atoms with Crippen molar-refractivity contribution in [1.29, 1.82) is 0 Å². The van der Waals surface area contributed by atoms with Crippen LogP contribution in [0, 0.1) is 0 Å². The first-order chi connectivity index (χ1) is 10.3. The molecule has 0 atom stereocenters. The SMILES string of the molecule is Clc1nc2c(ccc3ccccc32)nc1-c1ccccn1. The summed E-state index contributed by atoms with van der Waals surface area (Å²) in [6, 6.07) is 17.7. The van der Waals surface area contributed by atoms with E-state index in [9.17, 15) is 0 Å². The molecule has 0 aliphatic rings. The van der Waals surface area contributed by atoms with Gasteiger partial charge in [0.2, 0.25) is 0 Å². The second-order valence-electron chi connectivity index (χ2n) is 4.73. The zero-order valence-corrected chi connectivity index (χ0v) is 11.7. The fourth-order valence-electron chi connectivity index (χ4n) is 2.43. The number of halogens is 1. The number of fused-ring (bicyclic) bond motifs is 3. The lowest BCUT2D eigenvalue weighted by molar-refractivity contribution is 1.24. The summed E-state index contributed by atoms with van der Waals surface area (Å²) in [5, 5.41) is 2.55. The highest BCUT2D eigenvalue weighted by Gasteiger charge is 2.11. The lowest BCUT2D eigenvalue weighted by Gasteiger charge is -2.07. The molecule has 0 aliphatic carbocycles. The Labute approximate surface area is 126 Å². The van der Waals surface area contributed by atoms with Crippen molar-refractivity contribution >= 4 is 33.4 Å². The predicted octanol–water partition coefficient (Wildman–Crippen LogP) is 4.50. The average Bonchev–Trinajstić information content (AvgIpc) is 2.55. The molecular weight excluding hydrogens is 282 g/mol. The molecule has 0 spiro atoms. The zero-order chi connectivity index (χ0) is 14.2. The number of nitrogens with zero attached hydrogens (tertiary/aromatic N) is 3. The number of pyridine rings is 1. The van der Waals surface area contributed by atoms with E-state index in [0.717, 1.165) is 27.5 Å². The molecule has 100 valence electrons. The number of hydrogen-bond acceptors (Lipinski definition) is 3. The van der Waals surface area contributed by atoms with Crippen molar-refractivity contribution in [3.05, 3.63) is 65.9 Å². The summed E-state index contributed by atoms with van der Waals surface area (Å²) >= 11 is 6.32. The molecule has 0 fully saturated rings. The van der Waals surface area contributed by atoms with Crippen LogP contribution in [0.25, 0.3) is 33.2 Å². The summed E-state index contributed by atoms with van der Waals surface area (Å²) in [5.74, 6) is 0. The Bertz CT molecular complexity index is 952. The average molecular weight is 292 g/mol. The molecule has 4 aromatic rings. The van der Waals surface area contributed by atoms with Crippen LogP contribution in [0.3, 0.4) is 0 Å². The molecule has 0 amide bonds. The number of benzene rings is 2. The molecule has 21 heavy (non-hydrogen) atoms. The van der Waals surface area contributed by atoms with Gasteiger partial charge in [-0.05, 0) is 23.6 Å². The molecular formula is C17H10ClN3. The van der Waals surface area contributed by atoms with Gasteiger partial charge in [0, 0.05) is 11.6 Å². The van der Waals surface area contributed by atoms with Gasteiger partial charge in [0.1, 0.15) is 5.69 Å². The van der Waals surface area contributed by atoms with E-state index in [-0.39, 0.29) is 0 Å². The molecule has 0 saturated heterocycles. The van der Waals surface area contributed by atoms with E-state index in [1.165, 1.54) is 0 Å². The van der Waals surface area contributed by atoms with Crippen molar-refractivity contribution < 1.29 is 0 Å². The van der Waals surface area contributed by atoms with Gasteiger partial charge in [-0.25, -0.2) is 9.97 Å². The van der Waals surface area contributed by atoms with Crippen LogP contribution in [0.1, 0.15) is 0 Å². The van der Waals surface area contributed by atoms with Crippen LogP contribution < -0.4 is 0 Å². The van der Waals surface area contributed by atoms with Crippen LogP contribution in [0.4, 0.5) is 0 Å². The molecule has 0 N–H and O–H groups in total. The van der Waals surface area contributed by atoms with Crippen molar-refractivity contribution in [2.24, 2.45) is 0 Å². The molecule has 0 saturated carbocycles. The van der Waals surface area contributed by atoms with Crippen LogP contribution in [0.5, 0.6) is 0 Å². The minimum atomic E-state index is 0.373. The van der Waals surface area contributed by atoms with Crippen LogP contribution >= 0.6 is 11.6 Å². The van der Waals surface area contributed by atoms with Gasteiger partial charge in [-0.1, -0.05) is 48.0 Å². The molecule has 2 aromatic heterocycles. The molecule has 2 heterocycles. The van der Waals surface area contributed by atoms with Gasteiger partial charge in [0.25, 0.3) is 0 Å². The lowest BCUT2D eigenvalue weighted by atomic mass is 10.1. The maximum atomic E-state index is 6.32. The molecule has 4 heteroatoms. The molecule has 4 rings (SSSR count). The Kier molecular flexibility index (Phi) is 2.79. The van der Waals surface area contributed by atoms with E-state index < -0.39 is 0 Å². The van der Waals surface area contributed by atoms with E-state index in [1.54, 1.807) is 6.20 Å². The third-order valence-electron chi connectivity index (χ3n) is 3.42. The summed E-state index contributed by atoms with van der Waals surface area (Å²) in [7, 11) is 0. The highest BCUT2D eigenvalue weighted by Crippen LogP contribution is 2.29. The Morgan fingerprint density at radius 1 is 0.810 bits per heavy atom. The molecule has 0 aliphatic heterocycles. The first-order valence-corrected chi connectivity index (χ1v) is 6.97. The number of aromatic nitrogens is 3. The maximum absolute atomic E-state index is 6.32. The number of hydrogen-bond donors (Lipinski definition) is 0. The summed E-state index contributed by atoms with van der Waals surface area (Å²) < 4.78 is 0. The van der Waals surface area contributed by atoms with E-state index in [2.05, 4.69) is 21.0 Å². The first kappa shape index (κ1) is 12.2. The summed E-state index contributed by atoms with van der Waals surface area (Å²) in [6.07, 6.45) is 1.72. The molecule has 3 nitrogen and oxygen atoms in total. The minimum absolute atomic E-state index is 0.373. The molecule has 0 unspecified atom stereocenters. The van der Waals surface area contributed by atoms with E-state index in [1.807, 2.05) is 48.5 Å². The van der Waals surface area contributed by atoms with Gasteiger partial charge in [0.15, 0.2) is 5.15 Å². The zero-order valence-electron chi connectivity index (χ0n) is 11.0. The van der Waals surface area contributed by atoms with E-state index >= 15 is 0 Å². The van der Waals surface area contributed by atoms with Crippen LogP contribution in [-0.4, -0.2) is 15.0 Å². The third kappa shape index (κ3) is 2.03. The number of rotatable bonds is 1. The molecule has 2 aromatic carbocycles. The van der Waals surface area contributed by atoms with Crippen LogP contribution in [-0.2, 0) is 0 Å². The van der Waals surface area contributed by atoms with Crippen LogP contribution in [0.2, 0.25) is 5.15 Å². The summed E-state index contributed by atoms with van der Waals surface area (Å²) in [5.41, 5.74) is 2.97. The van der Waals surface area contributed by atoms with Gasteiger partial charge in [-0.3, -0.25) is 4.98 Å². The maximum Gasteiger partial charge on any atom is 0.157 e. The molecule has 0 radical (unpaired) electrons. The van der Waals surface area contributed by atoms with Gasteiger partial charge in [0.05, 0.1) is 16.7 Å². The highest BCUT2D eigenvalue weighted by molar-refractivity contribution is 6.32. The van der Waals surface area contributed by atoms with Crippen LogP contribution in [0.15, 0.2) is 60.8 Å². The second-order valence-corrected chi connectivity index (χ2v) is 5.09. The Morgan fingerprint density at radius 2 is 1.67 bits per heavy atom. The van der Waals surface area contributed by atoms with Crippen molar-refractivity contribution in [2.45, 2.75) is 0 Å². The fraction of sp³-hybridized carbons (Fsp3) is 0. The van der Waals surface area contributed by atoms with Gasteiger partial charge < -0.3 is 0 Å². The monoisotopic (exact) mass is 291 g/mol. The minimum Gasteiger partial charge on any atom is -0.255 e. The quantitative estimate of drug-likeness (QED) is 0.485. The normalized spacial score (nSPS) is 11.1. The molecule has 0 bridgehead atoms. The highest BCUT2D eigenvalue weighted by atomic mass is 35.5. The Morgan fingerprint density at radius 3 is 2.52 bits per heavy atom. The van der Waals surface area contributed by atoms with Crippen molar-refractivity contribution in [3.63, 3.8) is 0 Å². The van der Waals surface area contributed by atoms with E-state index in [0.29, 0.717) is 10.8 Å². The first-order valence-electron chi connectivity index (χ1n) is 6.59. The third-order valence-corrected chi connectivity index (χ3v) is 3.69. The van der Waals surface area contributed by atoms with E-state index in [4.69, 9.17) is 11.6 Å². The smallest absolute Gasteiger partial charge is 0.157 e. The topological polar surface area (TPSA) is 38.7 Å². The van der Waals surface area contributed by atoms with Gasteiger partial charge in [-0.2, -0.15) is 0 Å².